The molecular formula is C23H23ClN2O6S. The maximum Gasteiger partial charge on any atom is 0.293 e. The van der Waals surface area contributed by atoms with Crippen molar-refractivity contribution in [3.63, 3.8) is 0 Å². The molecule has 174 valence electrons. The molecule has 0 atom stereocenters. The molecule has 3 amide bonds. The van der Waals surface area contributed by atoms with Gasteiger partial charge in [-0.1, -0.05) is 29.3 Å². The Morgan fingerprint density at radius 2 is 1.91 bits per heavy atom. The highest BCUT2D eigenvalue weighted by atomic mass is 35.5. The standard InChI is InChI=1S/C23H23ClN2O6S/c1-14-4-6-16(7-5-14)25-20(27)13-32-21-17(24)10-15(11-18(21)31-3)12-19-22(28)26(8-9-30-2)23(29)33-19/h4-7,10-12H,8-9,13H2,1-3H3,(H,25,27). The molecule has 0 aliphatic carbocycles. The smallest absolute Gasteiger partial charge is 0.293 e. The number of amides is 3. The number of hydrogen-bond acceptors (Lipinski definition) is 7. The van der Waals surface area contributed by atoms with Crippen molar-refractivity contribution in [1.29, 1.82) is 0 Å². The lowest BCUT2D eigenvalue weighted by molar-refractivity contribution is -0.123. The van der Waals surface area contributed by atoms with Crippen LogP contribution in [0.3, 0.4) is 0 Å². The number of hydrogen-bond donors (Lipinski definition) is 1. The van der Waals surface area contributed by atoms with Crippen LogP contribution in [0.25, 0.3) is 6.08 Å². The van der Waals surface area contributed by atoms with E-state index in [1.807, 2.05) is 19.1 Å². The number of nitrogens with zero attached hydrogens (tertiary/aromatic N) is 1. The fourth-order valence-electron chi connectivity index (χ4n) is 2.96. The van der Waals surface area contributed by atoms with E-state index in [4.69, 9.17) is 25.8 Å². The van der Waals surface area contributed by atoms with Gasteiger partial charge in [-0.15, -0.1) is 0 Å². The molecule has 1 fully saturated rings. The highest BCUT2D eigenvalue weighted by Crippen LogP contribution is 2.39. The molecule has 1 N–H and O–H groups in total. The zero-order valence-electron chi connectivity index (χ0n) is 18.3. The highest BCUT2D eigenvalue weighted by molar-refractivity contribution is 8.18. The lowest BCUT2D eigenvalue weighted by atomic mass is 10.1. The molecule has 10 heteroatoms. The van der Waals surface area contributed by atoms with Gasteiger partial charge in [-0.25, -0.2) is 0 Å². The Labute approximate surface area is 200 Å². The lowest BCUT2D eigenvalue weighted by Crippen LogP contribution is -2.31. The molecule has 0 saturated carbocycles. The Kier molecular flexibility index (Phi) is 8.37. The van der Waals surface area contributed by atoms with Gasteiger partial charge in [0.1, 0.15) is 0 Å². The van der Waals surface area contributed by atoms with Crippen LogP contribution in [0, 0.1) is 6.92 Å². The first-order valence-corrected chi connectivity index (χ1v) is 11.1. The molecule has 33 heavy (non-hydrogen) atoms. The van der Waals surface area contributed by atoms with Gasteiger partial charge in [0.05, 0.1) is 30.2 Å². The third-order valence-electron chi connectivity index (χ3n) is 4.63. The number of halogens is 1. The number of thioether (sulfide) groups is 1. The van der Waals surface area contributed by atoms with E-state index >= 15 is 0 Å². The van der Waals surface area contributed by atoms with E-state index in [-0.39, 0.29) is 52.3 Å². The van der Waals surface area contributed by atoms with Crippen molar-refractivity contribution >= 4 is 52.2 Å². The number of rotatable bonds is 9. The summed E-state index contributed by atoms with van der Waals surface area (Å²) in [6, 6.07) is 10.6. The van der Waals surface area contributed by atoms with Crippen LogP contribution in [0.1, 0.15) is 11.1 Å². The van der Waals surface area contributed by atoms with E-state index in [1.165, 1.54) is 14.2 Å². The summed E-state index contributed by atoms with van der Waals surface area (Å²) in [6.07, 6.45) is 1.56. The highest BCUT2D eigenvalue weighted by Gasteiger charge is 2.34. The molecule has 0 bridgehead atoms. The molecule has 0 radical (unpaired) electrons. The van der Waals surface area contributed by atoms with Gasteiger partial charge in [0.25, 0.3) is 17.1 Å². The second-order valence-electron chi connectivity index (χ2n) is 7.06. The third-order valence-corrected chi connectivity index (χ3v) is 5.81. The fourth-order valence-corrected chi connectivity index (χ4v) is 4.10. The van der Waals surface area contributed by atoms with Crippen molar-refractivity contribution in [2.75, 3.05) is 39.3 Å². The average Bonchev–Trinajstić information content (AvgIpc) is 3.05. The molecule has 2 aromatic carbocycles. The number of methoxy groups -OCH3 is 2. The van der Waals surface area contributed by atoms with E-state index in [0.29, 0.717) is 11.3 Å². The van der Waals surface area contributed by atoms with Crippen LogP contribution in [-0.4, -0.2) is 55.9 Å². The number of benzene rings is 2. The fraction of sp³-hybridized carbons (Fsp3) is 0.261. The number of nitrogens with one attached hydrogen (secondary N) is 1. The molecule has 1 heterocycles. The van der Waals surface area contributed by atoms with Gasteiger partial charge in [-0.2, -0.15) is 0 Å². The minimum Gasteiger partial charge on any atom is -0.493 e. The normalized spacial score (nSPS) is 14.7. The van der Waals surface area contributed by atoms with E-state index in [0.717, 1.165) is 22.2 Å². The summed E-state index contributed by atoms with van der Waals surface area (Å²) in [5.74, 6) is -0.268. The van der Waals surface area contributed by atoms with Crippen LogP contribution in [0.4, 0.5) is 10.5 Å². The molecule has 0 unspecified atom stereocenters. The van der Waals surface area contributed by atoms with Gasteiger partial charge in [0.2, 0.25) is 0 Å². The minimum absolute atomic E-state index is 0.181. The first-order chi connectivity index (χ1) is 15.8. The van der Waals surface area contributed by atoms with Crippen molar-refractivity contribution in [2.45, 2.75) is 6.92 Å². The summed E-state index contributed by atoms with van der Waals surface area (Å²) < 4.78 is 15.9. The van der Waals surface area contributed by atoms with Gasteiger partial charge in [0.15, 0.2) is 18.1 Å². The lowest BCUT2D eigenvalue weighted by Gasteiger charge is -2.14. The van der Waals surface area contributed by atoms with Crippen molar-refractivity contribution < 1.29 is 28.6 Å². The van der Waals surface area contributed by atoms with Gasteiger partial charge in [-0.3, -0.25) is 19.3 Å². The molecular weight excluding hydrogens is 468 g/mol. The first-order valence-electron chi connectivity index (χ1n) is 9.93. The topological polar surface area (TPSA) is 94.2 Å². The summed E-state index contributed by atoms with van der Waals surface area (Å²) in [7, 11) is 2.94. The Morgan fingerprint density at radius 3 is 2.58 bits per heavy atom. The average molecular weight is 491 g/mol. The maximum absolute atomic E-state index is 12.5. The number of carbonyl (C=O) groups excluding carboxylic acids is 3. The molecule has 3 rings (SSSR count). The van der Waals surface area contributed by atoms with Crippen LogP contribution in [0.5, 0.6) is 11.5 Å². The van der Waals surface area contributed by atoms with E-state index < -0.39 is 5.91 Å². The van der Waals surface area contributed by atoms with Gasteiger partial charge in [-0.05, 0) is 54.6 Å². The second kappa shape index (κ2) is 11.2. The predicted octanol–water partition coefficient (Wildman–Crippen LogP) is 4.36. The molecule has 0 aromatic heterocycles. The van der Waals surface area contributed by atoms with Gasteiger partial charge >= 0.3 is 0 Å². The van der Waals surface area contributed by atoms with Gasteiger partial charge in [0, 0.05) is 12.8 Å². The van der Waals surface area contributed by atoms with Crippen LogP contribution in [-0.2, 0) is 14.3 Å². The first kappa shape index (κ1) is 24.6. The number of imide groups is 1. The van der Waals surface area contributed by atoms with Crippen LogP contribution in [0.2, 0.25) is 5.02 Å². The summed E-state index contributed by atoms with van der Waals surface area (Å²) >= 11 is 7.21. The SMILES string of the molecule is COCCN1C(=O)SC(=Cc2cc(Cl)c(OCC(=O)Nc3ccc(C)cc3)c(OC)c2)C1=O. The molecule has 1 aliphatic heterocycles. The Balaban J connectivity index is 1.71. The molecule has 8 nitrogen and oxygen atoms in total. The largest absolute Gasteiger partial charge is 0.493 e. The molecule has 1 aliphatic rings. The molecule has 2 aromatic rings. The van der Waals surface area contributed by atoms with E-state index in [9.17, 15) is 14.4 Å². The minimum atomic E-state index is -0.398. The van der Waals surface area contributed by atoms with Gasteiger partial charge < -0.3 is 19.5 Å². The van der Waals surface area contributed by atoms with Crippen LogP contribution >= 0.6 is 23.4 Å². The Bertz CT molecular complexity index is 1090. The summed E-state index contributed by atoms with van der Waals surface area (Å²) in [5.41, 5.74) is 2.29. The summed E-state index contributed by atoms with van der Waals surface area (Å²) in [4.78, 5) is 38.2. The Hall–Kier alpha value is -3.01. The maximum atomic E-state index is 12.5. The van der Waals surface area contributed by atoms with Crippen molar-refractivity contribution in [1.82, 2.24) is 4.90 Å². The zero-order chi connectivity index (χ0) is 24.0. The number of aryl methyl sites for hydroxylation is 1. The Morgan fingerprint density at radius 1 is 1.18 bits per heavy atom. The summed E-state index contributed by atoms with van der Waals surface area (Å²) in [6.45, 7) is 2.12. The number of anilines is 1. The van der Waals surface area contributed by atoms with Crippen molar-refractivity contribution in [3.05, 3.63) is 57.5 Å². The predicted molar refractivity (Wildman–Crippen MR) is 128 cm³/mol. The molecule has 0 spiro atoms. The van der Waals surface area contributed by atoms with E-state index in [2.05, 4.69) is 5.32 Å². The monoisotopic (exact) mass is 490 g/mol. The quantitative estimate of drug-likeness (QED) is 0.522. The van der Waals surface area contributed by atoms with Crippen molar-refractivity contribution in [3.8, 4) is 11.5 Å². The molecule has 1 saturated heterocycles. The number of ether oxygens (including phenoxy) is 3. The zero-order valence-corrected chi connectivity index (χ0v) is 19.9. The third kappa shape index (κ3) is 6.28. The van der Waals surface area contributed by atoms with Crippen molar-refractivity contribution in [2.24, 2.45) is 0 Å². The van der Waals surface area contributed by atoms with Crippen LogP contribution in [0.15, 0.2) is 41.3 Å². The second-order valence-corrected chi connectivity index (χ2v) is 8.46. The van der Waals surface area contributed by atoms with E-state index in [1.54, 1.807) is 30.3 Å². The van der Waals surface area contributed by atoms with Crippen LogP contribution < -0.4 is 14.8 Å². The summed E-state index contributed by atoms with van der Waals surface area (Å²) in [5, 5.41) is 2.58. The number of carbonyl (C=O) groups is 3.